The highest BCUT2D eigenvalue weighted by atomic mass is 16.5. The highest BCUT2D eigenvalue weighted by Gasteiger charge is 2.00. The SMILES string of the molecule is Cc1nc(CCNCCCN(C)C)no1. The highest BCUT2D eigenvalue weighted by molar-refractivity contribution is 4.84. The van der Waals surface area contributed by atoms with Crippen LogP contribution in [0.15, 0.2) is 4.52 Å². The van der Waals surface area contributed by atoms with E-state index in [9.17, 15) is 0 Å². The second-order valence-corrected chi connectivity index (χ2v) is 3.89. The van der Waals surface area contributed by atoms with Crippen LogP contribution in [-0.2, 0) is 6.42 Å². The Morgan fingerprint density at radius 3 is 2.73 bits per heavy atom. The van der Waals surface area contributed by atoms with E-state index in [0.29, 0.717) is 5.89 Å². The minimum Gasteiger partial charge on any atom is -0.340 e. The van der Waals surface area contributed by atoms with Gasteiger partial charge in [0.25, 0.3) is 0 Å². The normalized spacial score (nSPS) is 11.2. The Morgan fingerprint density at radius 1 is 1.33 bits per heavy atom. The van der Waals surface area contributed by atoms with Gasteiger partial charge in [0.15, 0.2) is 5.82 Å². The Morgan fingerprint density at radius 2 is 2.13 bits per heavy atom. The summed E-state index contributed by atoms with van der Waals surface area (Å²) >= 11 is 0. The molecule has 1 aromatic rings. The second-order valence-electron chi connectivity index (χ2n) is 3.89. The minimum absolute atomic E-state index is 0.637. The molecule has 0 aliphatic rings. The first-order valence-corrected chi connectivity index (χ1v) is 5.33. The van der Waals surface area contributed by atoms with Gasteiger partial charge in [-0.2, -0.15) is 4.98 Å². The molecule has 0 spiro atoms. The highest BCUT2D eigenvalue weighted by Crippen LogP contribution is 1.94. The minimum atomic E-state index is 0.637. The van der Waals surface area contributed by atoms with Gasteiger partial charge in [-0.05, 0) is 33.6 Å². The van der Waals surface area contributed by atoms with Crippen LogP contribution in [0.3, 0.4) is 0 Å². The Labute approximate surface area is 90.8 Å². The first-order valence-electron chi connectivity index (χ1n) is 5.33. The molecule has 1 rings (SSSR count). The lowest BCUT2D eigenvalue weighted by molar-refractivity contribution is 0.385. The van der Waals surface area contributed by atoms with E-state index >= 15 is 0 Å². The summed E-state index contributed by atoms with van der Waals surface area (Å²) in [4.78, 5) is 6.32. The molecular weight excluding hydrogens is 192 g/mol. The number of nitrogens with zero attached hydrogens (tertiary/aromatic N) is 3. The molecule has 0 saturated carbocycles. The molecule has 0 saturated heterocycles. The van der Waals surface area contributed by atoms with Crippen molar-refractivity contribution in [1.29, 1.82) is 0 Å². The van der Waals surface area contributed by atoms with Crippen molar-refractivity contribution in [2.75, 3.05) is 33.7 Å². The maximum absolute atomic E-state index is 4.88. The van der Waals surface area contributed by atoms with E-state index in [2.05, 4.69) is 34.5 Å². The maximum Gasteiger partial charge on any atom is 0.223 e. The van der Waals surface area contributed by atoms with Crippen molar-refractivity contribution < 1.29 is 4.52 Å². The molecule has 0 atom stereocenters. The molecule has 1 heterocycles. The summed E-state index contributed by atoms with van der Waals surface area (Å²) < 4.78 is 4.88. The lowest BCUT2D eigenvalue weighted by Gasteiger charge is -2.08. The summed E-state index contributed by atoms with van der Waals surface area (Å²) in [5.41, 5.74) is 0. The first-order chi connectivity index (χ1) is 7.18. The summed E-state index contributed by atoms with van der Waals surface area (Å²) in [7, 11) is 4.17. The van der Waals surface area contributed by atoms with Gasteiger partial charge >= 0.3 is 0 Å². The molecule has 0 aliphatic carbocycles. The average Bonchev–Trinajstić information content (AvgIpc) is 2.57. The van der Waals surface area contributed by atoms with E-state index < -0.39 is 0 Å². The van der Waals surface area contributed by atoms with E-state index in [0.717, 1.165) is 38.3 Å². The molecule has 0 fully saturated rings. The third kappa shape index (κ3) is 5.49. The van der Waals surface area contributed by atoms with E-state index in [-0.39, 0.29) is 0 Å². The quantitative estimate of drug-likeness (QED) is 0.666. The van der Waals surface area contributed by atoms with Crippen LogP contribution in [0.4, 0.5) is 0 Å². The lowest BCUT2D eigenvalue weighted by atomic mass is 10.3. The molecule has 0 aromatic carbocycles. The van der Waals surface area contributed by atoms with E-state index in [1.807, 2.05) is 0 Å². The van der Waals surface area contributed by atoms with Crippen molar-refractivity contribution in [1.82, 2.24) is 20.4 Å². The number of aryl methyl sites for hydroxylation is 1. The molecule has 0 unspecified atom stereocenters. The fourth-order valence-corrected chi connectivity index (χ4v) is 1.29. The Kier molecular flexibility index (Phi) is 5.28. The van der Waals surface area contributed by atoms with Crippen LogP contribution in [0, 0.1) is 6.92 Å². The van der Waals surface area contributed by atoms with Crippen LogP contribution in [0.1, 0.15) is 18.1 Å². The van der Waals surface area contributed by atoms with E-state index in [1.165, 1.54) is 0 Å². The molecule has 0 bridgehead atoms. The molecule has 0 aliphatic heterocycles. The molecular formula is C10H20N4O. The van der Waals surface area contributed by atoms with Crippen LogP contribution in [0.2, 0.25) is 0 Å². The van der Waals surface area contributed by atoms with Crippen molar-refractivity contribution in [3.05, 3.63) is 11.7 Å². The number of aromatic nitrogens is 2. The Bertz CT molecular complexity index is 272. The van der Waals surface area contributed by atoms with Gasteiger partial charge in [0.05, 0.1) is 0 Å². The Balaban J connectivity index is 1.98. The maximum atomic E-state index is 4.88. The summed E-state index contributed by atoms with van der Waals surface area (Å²) in [5.74, 6) is 1.42. The van der Waals surface area contributed by atoms with Crippen molar-refractivity contribution in [2.45, 2.75) is 19.8 Å². The third-order valence-corrected chi connectivity index (χ3v) is 2.05. The Hall–Kier alpha value is -0.940. The van der Waals surface area contributed by atoms with Gasteiger partial charge in [-0.1, -0.05) is 5.16 Å². The summed E-state index contributed by atoms with van der Waals surface area (Å²) in [6.07, 6.45) is 2.00. The molecule has 15 heavy (non-hydrogen) atoms. The van der Waals surface area contributed by atoms with E-state index in [1.54, 1.807) is 6.92 Å². The van der Waals surface area contributed by atoms with Crippen LogP contribution >= 0.6 is 0 Å². The van der Waals surface area contributed by atoms with Gasteiger partial charge in [-0.15, -0.1) is 0 Å². The van der Waals surface area contributed by atoms with Gasteiger partial charge in [-0.25, -0.2) is 0 Å². The molecule has 0 amide bonds. The molecule has 5 nitrogen and oxygen atoms in total. The first kappa shape index (κ1) is 12.1. The van der Waals surface area contributed by atoms with E-state index in [4.69, 9.17) is 4.52 Å². The number of rotatable bonds is 7. The molecule has 1 N–H and O–H groups in total. The van der Waals surface area contributed by atoms with Crippen molar-refractivity contribution in [3.63, 3.8) is 0 Å². The lowest BCUT2D eigenvalue weighted by Crippen LogP contribution is -2.23. The summed E-state index contributed by atoms with van der Waals surface area (Å²) in [5, 5.41) is 7.18. The molecule has 86 valence electrons. The van der Waals surface area contributed by atoms with Gasteiger partial charge in [0.2, 0.25) is 5.89 Å². The van der Waals surface area contributed by atoms with Crippen LogP contribution in [-0.4, -0.2) is 48.8 Å². The number of hydrogen-bond donors (Lipinski definition) is 1. The van der Waals surface area contributed by atoms with Crippen molar-refractivity contribution in [3.8, 4) is 0 Å². The van der Waals surface area contributed by atoms with Gasteiger partial charge < -0.3 is 14.7 Å². The monoisotopic (exact) mass is 212 g/mol. The largest absolute Gasteiger partial charge is 0.340 e. The number of hydrogen-bond acceptors (Lipinski definition) is 5. The predicted molar refractivity (Wildman–Crippen MR) is 58.8 cm³/mol. The fourth-order valence-electron chi connectivity index (χ4n) is 1.29. The van der Waals surface area contributed by atoms with Gasteiger partial charge in [-0.3, -0.25) is 0 Å². The third-order valence-electron chi connectivity index (χ3n) is 2.05. The van der Waals surface area contributed by atoms with Gasteiger partial charge in [0, 0.05) is 19.9 Å². The molecule has 0 radical (unpaired) electrons. The zero-order chi connectivity index (χ0) is 11.1. The zero-order valence-electron chi connectivity index (χ0n) is 9.79. The standard InChI is InChI=1S/C10H20N4O/c1-9-12-10(13-15-9)5-7-11-6-4-8-14(2)3/h11H,4-8H2,1-3H3. The average molecular weight is 212 g/mol. The smallest absolute Gasteiger partial charge is 0.223 e. The fraction of sp³-hybridized carbons (Fsp3) is 0.800. The molecule has 1 aromatic heterocycles. The van der Waals surface area contributed by atoms with Crippen molar-refractivity contribution >= 4 is 0 Å². The zero-order valence-corrected chi connectivity index (χ0v) is 9.79. The predicted octanol–water partition coefficient (Wildman–Crippen LogP) is 0.462. The van der Waals surface area contributed by atoms with Crippen LogP contribution in [0.25, 0.3) is 0 Å². The topological polar surface area (TPSA) is 54.2 Å². The number of nitrogens with one attached hydrogen (secondary N) is 1. The van der Waals surface area contributed by atoms with Crippen molar-refractivity contribution in [2.24, 2.45) is 0 Å². The summed E-state index contributed by atoms with van der Waals surface area (Å²) in [6, 6.07) is 0. The second kappa shape index (κ2) is 6.53. The van der Waals surface area contributed by atoms with Gasteiger partial charge in [0.1, 0.15) is 0 Å². The molecule has 5 heteroatoms. The van der Waals surface area contributed by atoms with Crippen LogP contribution < -0.4 is 5.32 Å². The van der Waals surface area contributed by atoms with Crippen LogP contribution in [0.5, 0.6) is 0 Å². The summed E-state index contributed by atoms with van der Waals surface area (Å²) in [6.45, 7) is 4.87.